The second-order valence-corrected chi connectivity index (χ2v) is 4.43. The molecule has 0 aliphatic heterocycles. The van der Waals surface area contributed by atoms with Gasteiger partial charge in [0.1, 0.15) is 12.2 Å². The van der Waals surface area contributed by atoms with Gasteiger partial charge in [-0.1, -0.05) is 63.5 Å². The molecule has 0 aromatic heterocycles. The second-order valence-electron chi connectivity index (χ2n) is 4.43. The van der Waals surface area contributed by atoms with Gasteiger partial charge < -0.3 is 5.11 Å². The molecular weight excluding hydrogens is 252 g/mol. The van der Waals surface area contributed by atoms with Crippen LogP contribution >= 0.6 is 0 Å². The molecular formula is C17H24O3. The number of aliphatic hydroxyl groups is 1. The van der Waals surface area contributed by atoms with E-state index < -0.39 is 6.10 Å². The Morgan fingerprint density at radius 3 is 2.60 bits per heavy atom. The summed E-state index contributed by atoms with van der Waals surface area (Å²) in [5.41, 5.74) is 0. The van der Waals surface area contributed by atoms with Gasteiger partial charge in [0, 0.05) is 0 Å². The van der Waals surface area contributed by atoms with Gasteiger partial charge in [0.25, 0.3) is 0 Å². The molecule has 2 atom stereocenters. The van der Waals surface area contributed by atoms with Crippen molar-refractivity contribution in [2.75, 3.05) is 0 Å². The number of hydrogen-bond acceptors (Lipinski definition) is 3. The molecule has 0 aromatic rings. The van der Waals surface area contributed by atoms with Gasteiger partial charge in [-0.25, -0.2) is 4.89 Å². The van der Waals surface area contributed by atoms with Crippen molar-refractivity contribution in [3.05, 3.63) is 24.8 Å². The lowest BCUT2D eigenvalue weighted by molar-refractivity contribution is -0.267. The molecule has 0 saturated heterocycles. The van der Waals surface area contributed by atoms with Gasteiger partial charge in [0.05, 0.1) is 0 Å². The Morgan fingerprint density at radius 2 is 1.95 bits per heavy atom. The van der Waals surface area contributed by atoms with Crippen LogP contribution in [0.3, 0.4) is 0 Å². The Kier molecular flexibility index (Phi) is 12.8. The van der Waals surface area contributed by atoms with Crippen molar-refractivity contribution in [1.82, 2.24) is 0 Å². The number of hydrogen-bond donors (Lipinski definition) is 2. The summed E-state index contributed by atoms with van der Waals surface area (Å²) >= 11 is 0. The topological polar surface area (TPSA) is 49.7 Å². The van der Waals surface area contributed by atoms with Gasteiger partial charge in [-0.15, -0.1) is 0 Å². The molecule has 0 bridgehead atoms. The summed E-state index contributed by atoms with van der Waals surface area (Å²) in [5, 5.41) is 17.8. The summed E-state index contributed by atoms with van der Waals surface area (Å²) in [4.78, 5) is 4.38. The van der Waals surface area contributed by atoms with Gasteiger partial charge in [-0.05, 0) is 30.4 Å². The average Bonchev–Trinajstić information content (AvgIpc) is 2.47. The zero-order valence-electron chi connectivity index (χ0n) is 12.1. The van der Waals surface area contributed by atoms with E-state index in [1.165, 1.54) is 25.3 Å². The lowest BCUT2D eigenvalue weighted by atomic mass is 10.1. The van der Waals surface area contributed by atoms with Crippen LogP contribution in [0.15, 0.2) is 24.8 Å². The monoisotopic (exact) mass is 276 g/mol. The van der Waals surface area contributed by atoms with E-state index in [0.717, 1.165) is 19.3 Å². The fourth-order valence-electron chi connectivity index (χ4n) is 1.54. The summed E-state index contributed by atoms with van der Waals surface area (Å²) in [6.07, 6.45) is 10.1. The van der Waals surface area contributed by atoms with Gasteiger partial charge in [0.15, 0.2) is 0 Å². The molecule has 110 valence electrons. The van der Waals surface area contributed by atoms with Crippen LogP contribution in [0.4, 0.5) is 0 Å². The maximum Gasteiger partial charge on any atom is 0.134 e. The Morgan fingerprint density at radius 1 is 1.20 bits per heavy atom. The van der Waals surface area contributed by atoms with Crippen molar-refractivity contribution < 1.29 is 15.3 Å². The molecule has 3 nitrogen and oxygen atoms in total. The van der Waals surface area contributed by atoms with Crippen LogP contribution in [-0.4, -0.2) is 22.6 Å². The third kappa shape index (κ3) is 11.6. The molecule has 20 heavy (non-hydrogen) atoms. The van der Waals surface area contributed by atoms with Crippen LogP contribution in [0.2, 0.25) is 0 Å². The SMILES string of the molecule is C=C[C@@H](O)C#CC#C/C=C/C(CCCCCCC)OO. The molecule has 0 saturated carbocycles. The van der Waals surface area contributed by atoms with E-state index in [4.69, 9.17) is 10.4 Å². The van der Waals surface area contributed by atoms with Crippen molar-refractivity contribution in [3.8, 4) is 23.7 Å². The molecule has 0 amide bonds. The predicted molar refractivity (Wildman–Crippen MR) is 81.8 cm³/mol. The summed E-state index contributed by atoms with van der Waals surface area (Å²) in [7, 11) is 0. The Bertz CT molecular complexity index is 390. The maximum atomic E-state index is 9.07. The smallest absolute Gasteiger partial charge is 0.134 e. The highest BCUT2D eigenvalue weighted by Gasteiger charge is 2.03. The lowest BCUT2D eigenvalue weighted by Crippen LogP contribution is -2.06. The second kappa shape index (κ2) is 13.9. The quantitative estimate of drug-likeness (QED) is 0.223. The summed E-state index contributed by atoms with van der Waals surface area (Å²) in [6, 6.07) is 0. The molecule has 0 aromatic carbocycles. The van der Waals surface area contributed by atoms with Crippen LogP contribution in [0.1, 0.15) is 45.4 Å². The largest absolute Gasteiger partial charge is 0.377 e. The van der Waals surface area contributed by atoms with Crippen LogP contribution in [0, 0.1) is 23.7 Å². The first-order valence-electron chi connectivity index (χ1n) is 7.03. The lowest BCUT2D eigenvalue weighted by Gasteiger charge is -2.07. The van der Waals surface area contributed by atoms with Crippen molar-refractivity contribution in [3.63, 3.8) is 0 Å². The van der Waals surface area contributed by atoms with Crippen LogP contribution < -0.4 is 0 Å². The van der Waals surface area contributed by atoms with E-state index >= 15 is 0 Å². The van der Waals surface area contributed by atoms with Crippen molar-refractivity contribution >= 4 is 0 Å². The first-order chi connectivity index (χ1) is 9.74. The summed E-state index contributed by atoms with van der Waals surface area (Å²) < 4.78 is 0. The van der Waals surface area contributed by atoms with Crippen LogP contribution in [-0.2, 0) is 4.89 Å². The van der Waals surface area contributed by atoms with Gasteiger partial charge in [-0.2, -0.15) is 0 Å². The fourth-order valence-corrected chi connectivity index (χ4v) is 1.54. The van der Waals surface area contributed by atoms with Crippen molar-refractivity contribution in [2.24, 2.45) is 0 Å². The zero-order chi connectivity index (χ0) is 15.1. The van der Waals surface area contributed by atoms with Crippen LogP contribution in [0.5, 0.6) is 0 Å². The number of allylic oxidation sites excluding steroid dienone is 1. The van der Waals surface area contributed by atoms with E-state index in [1.54, 1.807) is 12.2 Å². The van der Waals surface area contributed by atoms with Gasteiger partial charge in [-0.3, -0.25) is 5.26 Å². The third-order valence-corrected chi connectivity index (χ3v) is 2.70. The maximum absolute atomic E-state index is 9.07. The minimum Gasteiger partial charge on any atom is -0.377 e. The predicted octanol–water partition coefficient (Wildman–Crippen LogP) is 3.32. The number of rotatable bonds is 9. The molecule has 0 radical (unpaired) electrons. The summed E-state index contributed by atoms with van der Waals surface area (Å²) in [5.74, 6) is 10.3. The molecule has 0 fully saturated rings. The Labute approximate surface area is 122 Å². The number of unbranched alkanes of at least 4 members (excludes halogenated alkanes) is 4. The fraction of sp³-hybridized carbons (Fsp3) is 0.529. The highest BCUT2D eigenvalue weighted by molar-refractivity contribution is 5.32. The third-order valence-electron chi connectivity index (χ3n) is 2.70. The Hall–Kier alpha value is -1.52. The number of aliphatic hydroxyl groups excluding tert-OH is 1. The first kappa shape index (κ1) is 18.5. The minimum absolute atomic E-state index is 0.322. The highest BCUT2D eigenvalue weighted by Crippen LogP contribution is 2.09. The van der Waals surface area contributed by atoms with E-state index in [2.05, 4.69) is 42.1 Å². The normalized spacial score (nSPS) is 12.9. The van der Waals surface area contributed by atoms with Crippen LogP contribution in [0.25, 0.3) is 0 Å². The average molecular weight is 276 g/mol. The molecule has 0 rings (SSSR count). The molecule has 0 aliphatic rings. The highest BCUT2D eigenvalue weighted by atomic mass is 17.1. The Balaban J connectivity index is 3.97. The van der Waals surface area contributed by atoms with E-state index in [9.17, 15) is 0 Å². The zero-order valence-corrected chi connectivity index (χ0v) is 12.1. The van der Waals surface area contributed by atoms with Crippen molar-refractivity contribution in [2.45, 2.75) is 57.7 Å². The standard InChI is InChI=1S/C17H24O3/c1-3-5-6-7-11-14-17(20-19)15-12-9-8-10-13-16(18)4-2/h4,12,15-19H,2-3,5-7,11,14H2,1H3/b15-12+/t16-,17?/m1/s1. The minimum atomic E-state index is -0.843. The van der Waals surface area contributed by atoms with E-state index in [-0.39, 0.29) is 6.10 Å². The molecule has 3 heteroatoms. The molecule has 0 heterocycles. The van der Waals surface area contributed by atoms with Gasteiger partial charge >= 0.3 is 0 Å². The van der Waals surface area contributed by atoms with E-state index in [1.807, 2.05) is 0 Å². The first-order valence-corrected chi connectivity index (χ1v) is 7.03. The van der Waals surface area contributed by atoms with Crippen molar-refractivity contribution in [1.29, 1.82) is 0 Å². The molecule has 0 aliphatic carbocycles. The molecule has 1 unspecified atom stereocenters. The molecule has 2 N–H and O–H groups in total. The summed E-state index contributed by atoms with van der Waals surface area (Å²) in [6.45, 7) is 5.58. The van der Waals surface area contributed by atoms with E-state index in [0.29, 0.717) is 0 Å². The van der Waals surface area contributed by atoms with Gasteiger partial charge in [0.2, 0.25) is 0 Å². The molecule has 0 spiro atoms.